The van der Waals surface area contributed by atoms with Crippen LogP contribution in [0.15, 0.2) is 48.7 Å². The maximum absolute atomic E-state index is 12.3. The zero-order chi connectivity index (χ0) is 17.2. The molecule has 128 valence electrons. The molecule has 0 saturated carbocycles. The molecular weight excluding hydrogens is 320 g/mol. The summed E-state index contributed by atoms with van der Waals surface area (Å²) < 4.78 is 17.8. The van der Waals surface area contributed by atoms with E-state index in [0.29, 0.717) is 6.54 Å². The molecule has 0 fully saturated rings. The van der Waals surface area contributed by atoms with Crippen LogP contribution in [0.1, 0.15) is 5.56 Å². The van der Waals surface area contributed by atoms with Gasteiger partial charge in [0.15, 0.2) is 11.5 Å². The van der Waals surface area contributed by atoms with Crippen molar-refractivity contribution < 1.29 is 19.0 Å². The van der Waals surface area contributed by atoms with E-state index in [1.54, 1.807) is 7.11 Å². The third-order valence-electron chi connectivity index (χ3n) is 4.22. The average Bonchev–Trinajstić information content (AvgIpc) is 3.26. The minimum absolute atomic E-state index is 0.0500. The normalized spacial score (nSPS) is 12.4. The molecule has 4 rings (SSSR count). The number of amides is 1. The smallest absolute Gasteiger partial charge is 0.240 e. The molecule has 2 heterocycles. The van der Waals surface area contributed by atoms with Crippen molar-refractivity contribution in [2.45, 2.75) is 13.1 Å². The van der Waals surface area contributed by atoms with Crippen molar-refractivity contribution in [3.63, 3.8) is 0 Å². The van der Waals surface area contributed by atoms with Crippen LogP contribution in [-0.2, 0) is 17.9 Å². The lowest BCUT2D eigenvalue weighted by atomic mass is 10.2. The fraction of sp³-hybridized carbons (Fsp3) is 0.211. The Bertz CT molecular complexity index is 932. The zero-order valence-electron chi connectivity index (χ0n) is 13.8. The number of hydrogen-bond acceptors (Lipinski definition) is 4. The van der Waals surface area contributed by atoms with Crippen molar-refractivity contribution in [1.29, 1.82) is 0 Å². The van der Waals surface area contributed by atoms with Gasteiger partial charge < -0.3 is 24.1 Å². The summed E-state index contributed by atoms with van der Waals surface area (Å²) in [5, 5.41) is 3.98. The van der Waals surface area contributed by atoms with Gasteiger partial charge in [0.1, 0.15) is 12.3 Å². The van der Waals surface area contributed by atoms with Gasteiger partial charge in [-0.25, -0.2) is 0 Å². The first-order chi connectivity index (χ1) is 12.2. The molecule has 0 saturated heterocycles. The number of carbonyl (C=O) groups excluding carboxylic acids is 1. The first-order valence-corrected chi connectivity index (χ1v) is 8.01. The Morgan fingerprint density at radius 2 is 2.04 bits per heavy atom. The summed E-state index contributed by atoms with van der Waals surface area (Å²) in [7, 11) is 1.64. The molecule has 1 amide bonds. The molecule has 6 heteroatoms. The van der Waals surface area contributed by atoms with Crippen LogP contribution in [0.5, 0.6) is 17.2 Å². The molecule has 2 aromatic carbocycles. The fourth-order valence-corrected chi connectivity index (χ4v) is 2.91. The molecule has 1 aliphatic heterocycles. The van der Waals surface area contributed by atoms with Crippen LogP contribution in [0.2, 0.25) is 0 Å². The van der Waals surface area contributed by atoms with Crippen LogP contribution >= 0.6 is 0 Å². The van der Waals surface area contributed by atoms with Crippen LogP contribution in [0.25, 0.3) is 10.9 Å². The number of ether oxygens (including phenoxy) is 3. The minimum Gasteiger partial charge on any atom is -0.497 e. The lowest BCUT2D eigenvalue weighted by Gasteiger charge is -2.08. The van der Waals surface area contributed by atoms with E-state index in [9.17, 15) is 4.79 Å². The topological polar surface area (TPSA) is 61.7 Å². The third-order valence-corrected chi connectivity index (χ3v) is 4.22. The quantitative estimate of drug-likeness (QED) is 0.777. The molecule has 0 radical (unpaired) electrons. The number of nitrogens with zero attached hydrogens (tertiary/aromatic N) is 1. The SMILES string of the molecule is COc1ccc2c(ccn2CC(=O)NCc2ccc3c(c2)OCO3)c1. The van der Waals surface area contributed by atoms with Crippen molar-refractivity contribution in [2.24, 2.45) is 0 Å². The average molecular weight is 338 g/mol. The van der Waals surface area contributed by atoms with E-state index in [4.69, 9.17) is 14.2 Å². The van der Waals surface area contributed by atoms with E-state index >= 15 is 0 Å². The van der Waals surface area contributed by atoms with Crippen molar-refractivity contribution in [3.05, 3.63) is 54.2 Å². The summed E-state index contributed by atoms with van der Waals surface area (Å²) in [6.45, 7) is 0.958. The molecule has 0 atom stereocenters. The summed E-state index contributed by atoms with van der Waals surface area (Å²) in [4.78, 5) is 12.3. The predicted octanol–water partition coefficient (Wildman–Crippen LogP) is 2.70. The summed E-state index contributed by atoms with van der Waals surface area (Å²) in [6.07, 6.45) is 1.91. The van der Waals surface area contributed by atoms with Crippen LogP contribution in [0.3, 0.4) is 0 Å². The first-order valence-electron chi connectivity index (χ1n) is 8.01. The van der Waals surface area contributed by atoms with Gasteiger partial charge in [0.2, 0.25) is 12.7 Å². The van der Waals surface area contributed by atoms with E-state index in [2.05, 4.69) is 5.32 Å². The highest BCUT2D eigenvalue weighted by Gasteiger charge is 2.13. The molecule has 3 aromatic rings. The van der Waals surface area contributed by atoms with Gasteiger partial charge in [0, 0.05) is 23.6 Å². The maximum Gasteiger partial charge on any atom is 0.240 e. The molecule has 0 unspecified atom stereocenters. The van der Waals surface area contributed by atoms with Crippen LogP contribution in [-0.4, -0.2) is 24.4 Å². The Balaban J connectivity index is 1.40. The van der Waals surface area contributed by atoms with E-state index < -0.39 is 0 Å². The third kappa shape index (κ3) is 3.10. The standard InChI is InChI=1S/C19H18N2O4/c1-23-15-3-4-16-14(9-15)6-7-21(16)11-19(22)20-10-13-2-5-17-18(8-13)25-12-24-17/h2-9H,10-12H2,1H3,(H,20,22). The van der Waals surface area contributed by atoms with Gasteiger partial charge in [-0.05, 0) is 42.0 Å². The molecule has 1 aliphatic rings. The predicted molar refractivity (Wildman–Crippen MR) is 92.9 cm³/mol. The monoisotopic (exact) mass is 338 g/mol. The van der Waals surface area contributed by atoms with Crippen LogP contribution in [0, 0.1) is 0 Å². The Morgan fingerprint density at radius 1 is 1.16 bits per heavy atom. The Morgan fingerprint density at radius 3 is 2.92 bits per heavy atom. The molecule has 0 spiro atoms. The van der Waals surface area contributed by atoms with Gasteiger partial charge in [-0.1, -0.05) is 6.07 Å². The highest BCUT2D eigenvalue weighted by Crippen LogP contribution is 2.32. The zero-order valence-corrected chi connectivity index (χ0v) is 13.8. The second kappa shape index (κ2) is 6.39. The van der Waals surface area contributed by atoms with Crippen molar-refractivity contribution >= 4 is 16.8 Å². The minimum atomic E-state index is -0.0500. The number of benzene rings is 2. The van der Waals surface area contributed by atoms with Crippen LogP contribution in [0.4, 0.5) is 0 Å². The Kier molecular flexibility index (Phi) is 3.93. The number of methoxy groups -OCH3 is 1. The number of hydrogen-bond donors (Lipinski definition) is 1. The molecular formula is C19H18N2O4. The molecule has 0 aliphatic carbocycles. The number of rotatable bonds is 5. The number of aromatic nitrogens is 1. The lowest BCUT2D eigenvalue weighted by Crippen LogP contribution is -2.26. The van der Waals surface area contributed by atoms with Crippen molar-refractivity contribution in [2.75, 3.05) is 13.9 Å². The summed E-state index contributed by atoms with van der Waals surface area (Å²) in [5.74, 6) is 2.21. The summed E-state index contributed by atoms with van der Waals surface area (Å²) in [5.41, 5.74) is 1.97. The Labute approximate surface area is 144 Å². The first kappa shape index (κ1) is 15.4. The van der Waals surface area contributed by atoms with Crippen LogP contribution < -0.4 is 19.5 Å². The fourth-order valence-electron chi connectivity index (χ4n) is 2.91. The lowest BCUT2D eigenvalue weighted by molar-refractivity contribution is -0.121. The van der Waals surface area contributed by atoms with Gasteiger partial charge in [0.05, 0.1) is 7.11 Å². The van der Waals surface area contributed by atoms with Gasteiger partial charge in [-0.2, -0.15) is 0 Å². The maximum atomic E-state index is 12.3. The van der Waals surface area contributed by atoms with Gasteiger partial charge in [-0.3, -0.25) is 4.79 Å². The highest BCUT2D eigenvalue weighted by molar-refractivity contribution is 5.84. The second-order valence-electron chi connectivity index (χ2n) is 5.83. The number of fused-ring (bicyclic) bond motifs is 2. The highest BCUT2D eigenvalue weighted by atomic mass is 16.7. The molecule has 0 bridgehead atoms. The van der Waals surface area contributed by atoms with Gasteiger partial charge in [-0.15, -0.1) is 0 Å². The van der Waals surface area contributed by atoms with E-state index in [1.807, 2.05) is 53.2 Å². The molecule has 1 aromatic heterocycles. The van der Waals surface area contributed by atoms with Gasteiger partial charge in [0.25, 0.3) is 0 Å². The van der Waals surface area contributed by atoms with Crippen molar-refractivity contribution in [1.82, 2.24) is 9.88 Å². The molecule has 1 N–H and O–H groups in total. The summed E-state index contributed by atoms with van der Waals surface area (Å²) >= 11 is 0. The molecule has 6 nitrogen and oxygen atoms in total. The second-order valence-corrected chi connectivity index (χ2v) is 5.83. The number of carbonyl (C=O) groups is 1. The number of nitrogens with one attached hydrogen (secondary N) is 1. The van der Waals surface area contributed by atoms with E-state index in [1.165, 1.54) is 0 Å². The van der Waals surface area contributed by atoms with E-state index in [-0.39, 0.29) is 19.2 Å². The Hall–Kier alpha value is -3.15. The van der Waals surface area contributed by atoms with Gasteiger partial charge >= 0.3 is 0 Å². The van der Waals surface area contributed by atoms with E-state index in [0.717, 1.165) is 33.7 Å². The summed E-state index contributed by atoms with van der Waals surface area (Å²) in [6, 6.07) is 13.4. The molecule has 25 heavy (non-hydrogen) atoms. The largest absolute Gasteiger partial charge is 0.497 e. The van der Waals surface area contributed by atoms with Crippen molar-refractivity contribution in [3.8, 4) is 17.2 Å².